The van der Waals surface area contributed by atoms with Gasteiger partial charge < -0.3 is 10.6 Å². The van der Waals surface area contributed by atoms with Gasteiger partial charge in [-0.25, -0.2) is 0 Å². The molecule has 0 radical (unpaired) electrons. The third-order valence-electron chi connectivity index (χ3n) is 5.93. The van der Waals surface area contributed by atoms with E-state index in [1.807, 2.05) is 62.4 Å². The zero-order valence-electron chi connectivity index (χ0n) is 17.3. The van der Waals surface area contributed by atoms with E-state index in [1.54, 1.807) is 0 Å². The molecule has 160 valence electrons. The lowest BCUT2D eigenvalue weighted by Crippen LogP contribution is -2.39. The van der Waals surface area contributed by atoms with Gasteiger partial charge in [-0.05, 0) is 62.8 Å². The smallest absolute Gasteiger partial charge is 0.223 e. The van der Waals surface area contributed by atoms with Gasteiger partial charge in [-0.1, -0.05) is 59.6 Å². The van der Waals surface area contributed by atoms with Gasteiger partial charge in [0.15, 0.2) is 0 Å². The molecule has 6 heteroatoms. The molecule has 2 atom stereocenters. The van der Waals surface area contributed by atoms with E-state index >= 15 is 0 Å². The second-order valence-corrected chi connectivity index (χ2v) is 8.87. The lowest BCUT2D eigenvalue weighted by molar-refractivity contribution is -0.131. The predicted octanol–water partition coefficient (Wildman–Crippen LogP) is 5.85. The third kappa shape index (κ3) is 5.55. The van der Waals surface area contributed by atoms with Gasteiger partial charge in [0.25, 0.3) is 0 Å². The lowest BCUT2D eigenvalue weighted by atomic mass is 9.81. The average Bonchev–Trinajstić information content (AvgIpc) is 2.74. The number of carbonyl (C=O) groups excluding carboxylic acids is 2. The molecule has 0 saturated heterocycles. The fourth-order valence-corrected chi connectivity index (χ4v) is 4.69. The van der Waals surface area contributed by atoms with Crippen molar-refractivity contribution in [1.82, 2.24) is 10.6 Å². The van der Waals surface area contributed by atoms with Crippen LogP contribution in [0.25, 0.3) is 0 Å². The Balaban J connectivity index is 1.49. The molecule has 1 fully saturated rings. The molecule has 2 amide bonds. The summed E-state index contributed by atoms with van der Waals surface area (Å²) in [4.78, 5) is 25.4. The highest BCUT2D eigenvalue weighted by Crippen LogP contribution is 2.31. The first kappa shape index (κ1) is 22.6. The summed E-state index contributed by atoms with van der Waals surface area (Å²) in [6.07, 6.45) is 2.83. The number of benzene rings is 2. The zero-order chi connectivity index (χ0) is 21.7. The van der Waals surface area contributed by atoms with E-state index in [9.17, 15) is 9.59 Å². The summed E-state index contributed by atoms with van der Waals surface area (Å²) in [6.45, 7) is 3.88. The molecule has 4 nitrogen and oxygen atoms in total. The number of hydrogen-bond donors (Lipinski definition) is 2. The Morgan fingerprint density at radius 1 is 0.733 bits per heavy atom. The molecular formula is C24H28Cl2N2O2. The van der Waals surface area contributed by atoms with Crippen LogP contribution in [0.15, 0.2) is 48.5 Å². The average molecular weight is 447 g/mol. The number of nitrogens with one attached hydrogen (secondary N) is 2. The second kappa shape index (κ2) is 10.3. The van der Waals surface area contributed by atoms with Crippen LogP contribution in [0, 0.1) is 11.8 Å². The maximum Gasteiger partial charge on any atom is 0.223 e. The summed E-state index contributed by atoms with van der Waals surface area (Å²) in [7, 11) is 0. The van der Waals surface area contributed by atoms with Crippen molar-refractivity contribution in [2.45, 2.75) is 51.6 Å². The molecular weight excluding hydrogens is 419 g/mol. The Morgan fingerprint density at radius 3 is 1.40 bits per heavy atom. The van der Waals surface area contributed by atoms with Crippen molar-refractivity contribution in [3.05, 3.63) is 69.7 Å². The van der Waals surface area contributed by atoms with E-state index < -0.39 is 0 Å². The summed E-state index contributed by atoms with van der Waals surface area (Å²) in [6, 6.07) is 14.8. The fourth-order valence-electron chi connectivity index (χ4n) is 4.09. The van der Waals surface area contributed by atoms with Crippen LogP contribution in [0.5, 0.6) is 0 Å². The van der Waals surface area contributed by atoms with Gasteiger partial charge in [0.1, 0.15) is 0 Å². The van der Waals surface area contributed by atoms with Gasteiger partial charge in [-0.15, -0.1) is 0 Å². The van der Waals surface area contributed by atoms with Gasteiger partial charge in [-0.2, -0.15) is 0 Å². The van der Waals surface area contributed by atoms with Crippen LogP contribution in [0.2, 0.25) is 10.0 Å². The quantitative estimate of drug-likeness (QED) is 0.583. The van der Waals surface area contributed by atoms with Crippen LogP contribution in [0.4, 0.5) is 0 Å². The van der Waals surface area contributed by atoms with E-state index in [-0.39, 0.29) is 35.7 Å². The largest absolute Gasteiger partial charge is 0.349 e. The molecule has 0 spiro atoms. The van der Waals surface area contributed by atoms with Crippen molar-refractivity contribution in [2.24, 2.45) is 11.8 Å². The third-order valence-corrected chi connectivity index (χ3v) is 6.62. The highest BCUT2D eigenvalue weighted by atomic mass is 35.5. The molecule has 2 N–H and O–H groups in total. The monoisotopic (exact) mass is 446 g/mol. The van der Waals surface area contributed by atoms with Crippen LogP contribution in [-0.2, 0) is 9.59 Å². The van der Waals surface area contributed by atoms with E-state index in [0.29, 0.717) is 35.7 Å². The summed E-state index contributed by atoms with van der Waals surface area (Å²) in [5.41, 5.74) is 1.82. The Bertz CT molecular complexity index is 821. The molecule has 0 aliphatic heterocycles. The maximum atomic E-state index is 12.7. The molecule has 2 aromatic carbocycles. The van der Waals surface area contributed by atoms with Gasteiger partial charge in [0, 0.05) is 21.9 Å². The Morgan fingerprint density at radius 2 is 1.07 bits per heavy atom. The van der Waals surface area contributed by atoms with Crippen molar-refractivity contribution < 1.29 is 9.59 Å². The highest BCUT2D eigenvalue weighted by molar-refractivity contribution is 6.31. The van der Waals surface area contributed by atoms with Crippen LogP contribution in [0.1, 0.15) is 62.7 Å². The molecule has 1 saturated carbocycles. The fraction of sp³-hybridized carbons (Fsp3) is 0.417. The van der Waals surface area contributed by atoms with Gasteiger partial charge in [0.2, 0.25) is 11.8 Å². The first-order chi connectivity index (χ1) is 14.4. The van der Waals surface area contributed by atoms with Crippen molar-refractivity contribution in [3.8, 4) is 0 Å². The standard InChI is InChI=1S/C24H28Cl2N2O2/c1-15(19-7-3-5-9-21(19)25)27-23(29)17-11-13-18(14-12-17)24(30)28-16(2)20-8-4-6-10-22(20)26/h3-10,15-18H,11-14H2,1-2H3,(H,27,29)(H,28,30)/t15-,16+,17?,18?. The van der Waals surface area contributed by atoms with Crippen LogP contribution >= 0.6 is 23.2 Å². The maximum absolute atomic E-state index is 12.7. The van der Waals surface area contributed by atoms with Gasteiger partial charge in [-0.3, -0.25) is 9.59 Å². The minimum atomic E-state index is -0.149. The number of halogens is 2. The number of carbonyl (C=O) groups is 2. The van der Waals surface area contributed by atoms with Crippen LogP contribution in [0.3, 0.4) is 0 Å². The molecule has 0 unspecified atom stereocenters. The normalized spacial score (nSPS) is 20.8. The zero-order valence-corrected chi connectivity index (χ0v) is 18.8. The van der Waals surface area contributed by atoms with Crippen LogP contribution in [-0.4, -0.2) is 11.8 Å². The SMILES string of the molecule is C[C@H](NC(=O)C1CCC(C(=O)N[C@H](C)c2ccccc2Cl)CC1)c1ccccc1Cl. The van der Waals surface area contributed by atoms with E-state index in [1.165, 1.54) is 0 Å². The lowest BCUT2D eigenvalue weighted by Gasteiger charge is -2.29. The molecule has 0 bridgehead atoms. The minimum absolute atomic E-state index is 0.0331. The first-order valence-corrected chi connectivity index (χ1v) is 11.2. The summed E-state index contributed by atoms with van der Waals surface area (Å²) in [5, 5.41) is 7.45. The molecule has 0 heterocycles. The molecule has 3 rings (SSSR count). The Labute approximate surface area is 188 Å². The number of amides is 2. The molecule has 0 aromatic heterocycles. The minimum Gasteiger partial charge on any atom is -0.349 e. The summed E-state index contributed by atoms with van der Waals surface area (Å²) in [5.74, 6) is -0.0728. The first-order valence-electron chi connectivity index (χ1n) is 10.5. The molecule has 2 aromatic rings. The highest BCUT2D eigenvalue weighted by Gasteiger charge is 2.31. The molecule has 30 heavy (non-hydrogen) atoms. The summed E-state index contributed by atoms with van der Waals surface area (Å²) >= 11 is 12.5. The van der Waals surface area contributed by atoms with Crippen molar-refractivity contribution >= 4 is 35.0 Å². The van der Waals surface area contributed by atoms with Crippen molar-refractivity contribution in [3.63, 3.8) is 0 Å². The van der Waals surface area contributed by atoms with Gasteiger partial charge >= 0.3 is 0 Å². The molecule has 1 aliphatic carbocycles. The van der Waals surface area contributed by atoms with E-state index in [4.69, 9.17) is 23.2 Å². The second-order valence-electron chi connectivity index (χ2n) is 8.05. The summed E-state index contributed by atoms with van der Waals surface area (Å²) < 4.78 is 0. The van der Waals surface area contributed by atoms with E-state index in [2.05, 4.69) is 10.6 Å². The van der Waals surface area contributed by atoms with Crippen molar-refractivity contribution in [1.29, 1.82) is 0 Å². The van der Waals surface area contributed by atoms with Gasteiger partial charge in [0.05, 0.1) is 12.1 Å². The topological polar surface area (TPSA) is 58.2 Å². The Kier molecular flexibility index (Phi) is 7.79. The predicted molar refractivity (Wildman–Crippen MR) is 121 cm³/mol. The number of hydrogen-bond acceptors (Lipinski definition) is 2. The van der Waals surface area contributed by atoms with Crippen LogP contribution < -0.4 is 10.6 Å². The Hall–Kier alpha value is -2.04. The molecule has 1 aliphatic rings. The number of rotatable bonds is 6. The van der Waals surface area contributed by atoms with Crippen molar-refractivity contribution in [2.75, 3.05) is 0 Å². The van der Waals surface area contributed by atoms with E-state index in [0.717, 1.165) is 11.1 Å².